The molecule has 1 aromatic heterocycles. The van der Waals surface area contributed by atoms with Gasteiger partial charge in [-0.25, -0.2) is 4.68 Å². The molecule has 28 heavy (non-hydrogen) atoms. The third-order valence-electron chi connectivity index (χ3n) is 5.68. The molecule has 150 valence electrons. The lowest BCUT2D eigenvalue weighted by atomic mass is 9.67. The van der Waals surface area contributed by atoms with Crippen LogP contribution in [0.4, 0.5) is 0 Å². The van der Waals surface area contributed by atoms with Crippen molar-refractivity contribution >= 4 is 13.1 Å². The number of hydrogen-bond donors (Lipinski definition) is 0. The van der Waals surface area contributed by atoms with E-state index in [2.05, 4.69) is 5.10 Å². The van der Waals surface area contributed by atoms with Crippen LogP contribution in [0.3, 0.4) is 0 Å². The van der Waals surface area contributed by atoms with E-state index in [1.54, 1.807) is 13.1 Å². The smallest absolute Gasteiger partial charge is 0.466 e. The third-order valence-corrected chi connectivity index (χ3v) is 5.68. The summed E-state index contributed by atoms with van der Waals surface area (Å²) in [5.74, 6) is -0.580. The molecule has 0 radical (unpaired) electrons. The molecule has 2 aromatic rings. The molecule has 2 heterocycles. The Balaban J connectivity index is 1.92. The average molecular weight is 384 g/mol. The Bertz CT molecular complexity index is 830. The lowest BCUT2D eigenvalue weighted by molar-refractivity contribution is -0.143. The molecular weight excluding hydrogens is 355 g/mol. The molecule has 0 saturated carbocycles. The Kier molecular flexibility index (Phi) is 5.68. The molecule has 1 aliphatic heterocycles. The molecule has 0 spiro atoms. The Morgan fingerprint density at radius 1 is 1.21 bits per heavy atom. The number of carbonyl (C=O) groups is 1. The monoisotopic (exact) mass is 384 g/mol. The fraction of sp³-hybridized carbons (Fsp3) is 0.524. The van der Waals surface area contributed by atoms with Gasteiger partial charge in [-0.2, -0.15) is 5.10 Å². The number of aromatic nitrogens is 2. The minimum Gasteiger partial charge on any atom is -0.466 e. The van der Waals surface area contributed by atoms with Gasteiger partial charge < -0.3 is 14.0 Å². The summed E-state index contributed by atoms with van der Waals surface area (Å²) in [6.45, 7) is 12.2. The summed E-state index contributed by atoms with van der Waals surface area (Å²) in [4.78, 5) is 12.3. The van der Waals surface area contributed by atoms with Crippen molar-refractivity contribution in [2.45, 2.75) is 65.0 Å². The molecule has 1 saturated heterocycles. The van der Waals surface area contributed by atoms with Crippen LogP contribution in [0.25, 0.3) is 5.69 Å². The fourth-order valence-corrected chi connectivity index (χ4v) is 3.30. The molecule has 1 atom stereocenters. The molecule has 7 heteroatoms. The van der Waals surface area contributed by atoms with Crippen LogP contribution >= 0.6 is 0 Å². The topological polar surface area (TPSA) is 62.6 Å². The second kappa shape index (κ2) is 7.72. The maximum Gasteiger partial charge on any atom is 0.466 e. The summed E-state index contributed by atoms with van der Waals surface area (Å²) < 4.78 is 19.5. The molecule has 3 rings (SSSR count). The van der Waals surface area contributed by atoms with Crippen LogP contribution < -0.4 is 0 Å². The highest BCUT2D eigenvalue weighted by Gasteiger charge is 2.54. The van der Waals surface area contributed by atoms with Gasteiger partial charge in [0, 0.05) is 12.0 Å². The predicted octanol–water partition coefficient (Wildman–Crippen LogP) is 3.85. The summed E-state index contributed by atoms with van der Waals surface area (Å²) in [7, 11) is -0.552. The third kappa shape index (κ3) is 4.01. The van der Waals surface area contributed by atoms with Crippen molar-refractivity contribution in [2.24, 2.45) is 0 Å². The summed E-state index contributed by atoms with van der Waals surface area (Å²) in [5.41, 5.74) is 2.05. The quantitative estimate of drug-likeness (QED) is 0.559. The van der Waals surface area contributed by atoms with Crippen LogP contribution in [0.2, 0.25) is 0 Å². The van der Waals surface area contributed by atoms with Crippen molar-refractivity contribution in [3.63, 3.8) is 0 Å². The van der Waals surface area contributed by atoms with Gasteiger partial charge in [-0.05, 0) is 58.7 Å². The molecular formula is C21H29BN2O4. The van der Waals surface area contributed by atoms with E-state index < -0.39 is 18.3 Å². The largest absolute Gasteiger partial charge is 0.466 e. The maximum absolute atomic E-state index is 12.3. The minimum atomic E-state index is -0.552. The second-order valence-electron chi connectivity index (χ2n) is 8.25. The van der Waals surface area contributed by atoms with Gasteiger partial charge in [-0.1, -0.05) is 18.2 Å². The molecule has 0 N–H and O–H groups in total. The van der Waals surface area contributed by atoms with E-state index in [4.69, 9.17) is 14.0 Å². The van der Waals surface area contributed by atoms with Gasteiger partial charge in [0.15, 0.2) is 0 Å². The van der Waals surface area contributed by atoms with E-state index in [1.165, 1.54) is 0 Å². The molecule has 1 fully saturated rings. The van der Waals surface area contributed by atoms with E-state index in [0.29, 0.717) is 6.61 Å². The van der Waals surface area contributed by atoms with E-state index in [-0.39, 0.29) is 18.2 Å². The Labute approximate surface area is 167 Å². The number of esters is 1. The van der Waals surface area contributed by atoms with Crippen LogP contribution in [0.1, 0.15) is 58.0 Å². The van der Waals surface area contributed by atoms with Gasteiger partial charge in [-0.3, -0.25) is 4.79 Å². The van der Waals surface area contributed by atoms with Crippen molar-refractivity contribution in [3.8, 4) is 5.69 Å². The van der Waals surface area contributed by atoms with Gasteiger partial charge in [-0.15, -0.1) is 0 Å². The van der Waals surface area contributed by atoms with Crippen LogP contribution in [0.5, 0.6) is 0 Å². The number of carbonyl (C=O) groups excluding carboxylic acids is 1. The number of hydrogen-bond acceptors (Lipinski definition) is 5. The van der Waals surface area contributed by atoms with Crippen LogP contribution in [-0.2, 0) is 18.8 Å². The van der Waals surface area contributed by atoms with E-state index >= 15 is 0 Å². The molecule has 1 unspecified atom stereocenters. The highest BCUT2D eigenvalue weighted by atomic mass is 16.7. The lowest BCUT2D eigenvalue weighted by Crippen LogP contribution is -2.41. The lowest BCUT2D eigenvalue weighted by Gasteiger charge is -2.32. The van der Waals surface area contributed by atoms with Crippen molar-refractivity contribution in [1.82, 2.24) is 9.78 Å². The van der Waals surface area contributed by atoms with Crippen LogP contribution in [0, 0.1) is 6.92 Å². The first-order valence-electron chi connectivity index (χ1n) is 9.76. The van der Waals surface area contributed by atoms with Gasteiger partial charge in [0.25, 0.3) is 0 Å². The highest BCUT2D eigenvalue weighted by molar-refractivity contribution is 6.48. The summed E-state index contributed by atoms with van der Waals surface area (Å²) in [5, 5.41) is 4.52. The number of ether oxygens (including phenoxy) is 1. The van der Waals surface area contributed by atoms with Crippen molar-refractivity contribution < 1.29 is 18.8 Å². The number of rotatable bonds is 6. The number of nitrogens with zero attached hydrogens (tertiary/aromatic N) is 2. The van der Waals surface area contributed by atoms with E-state index in [1.807, 2.05) is 69.8 Å². The first kappa shape index (κ1) is 20.6. The van der Waals surface area contributed by atoms with E-state index in [0.717, 1.165) is 16.8 Å². The molecule has 0 bridgehead atoms. The van der Waals surface area contributed by atoms with Crippen LogP contribution in [-0.4, -0.2) is 40.7 Å². The minimum absolute atomic E-state index is 0.171. The van der Waals surface area contributed by atoms with Gasteiger partial charge in [0.1, 0.15) is 0 Å². The highest BCUT2D eigenvalue weighted by Crippen LogP contribution is 2.41. The number of benzene rings is 1. The average Bonchev–Trinajstić information content (AvgIpc) is 3.16. The second-order valence-corrected chi connectivity index (χ2v) is 8.25. The van der Waals surface area contributed by atoms with Crippen molar-refractivity contribution in [3.05, 3.63) is 47.8 Å². The standard InChI is InChI=1S/C21H29BN2O4/c1-7-26-19(25)12-17(22-27-20(3,4)21(5,6)28-22)16-13-23-24(14-16)18-11-9-8-10-15(18)2/h8-11,13-14,17H,7,12H2,1-6H3. The Morgan fingerprint density at radius 3 is 2.46 bits per heavy atom. The molecule has 0 aliphatic carbocycles. The normalized spacial score (nSPS) is 18.9. The summed E-state index contributed by atoms with van der Waals surface area (Å²) in [6.07, 6.45) is 3.89. The SMILES string of the molecule is CCOC(=O)CC(B1OC(C)(C)C(C)(C)O1)c1cnn(-c2ccccc2C)c1. The zero-order valence-corrected chi connectivity index (χ0v) is 17.6. The zero-order valence-electron chi connectivity index (χ0n) is 17.6. The summed E-state index contributed by atoms with van der Waals surface area (Å²) in [6, 6.07) is 8.04. The first-order chi connectivity index (χ1) is 13.1. The first-order valence-corrected chi connectivity index (χ1v) is 9.76. The Morgan fingerprint density at radius 2 is 1.86 bits per heavy atom. The van der Waals surface area contributed by atoms with Gasteiger partial charge in [0.2, 0.25) is 0 Å². The summed E-state index contributed by atoms with van der Waals surface area (Å²) >= 11 is 0. The van der Waals surface area contributed by atoms with Gasteiger partial charge in [0.05, 0.1) is 36.1 Å². The predicted molar refractivity (Wildman–Crippen MR) is 108 cm³/mol. The Hall–Kier alpha value is -2.12. The molecule has 6 nitrogen and oxygen atoms in total. The fourth-order valence-electron chi connectivity index (χ4n) is 3.30. The van der Waals surface area contributed by atoms with Crippen LogP contribution in [0.15, 0.2) is 36.7 Å². The van der Waals surface area contributed by atoms with Crippen molar-refractivity contribution in [2.75, 3.05) is 6.61 Å². The van der Waals surface area contributed by atoms with E-state index in [9.17, 15) is 4.79 Å². The molecule has 0 amide bonds. The number of aryl methyl sites for hydroxylation is 1. The van der Waals surface area contributed by atoms with Crippen molar-refractivity contribution in [1.29, 1.82) is 0 Å². The number of para-hydroxylation sites is 1. The maximum atomic E-state index is 12.3. The molecule has 1 aromatic carbocycles. The zero-order chi connectivity index (χ0) is 20.5. The van der Waals surface area contributed by atoms with Gasteiger partial charge >= 0.3 is 13.1 Å². The molecule has 1 aliphatic rings.